The first-order chi connectivity index (χ1) is 18.8. The summed E-state index contributed by atoms with van der Waals surface area (Å²) in [6.45, 7) is 5.31. The molecule has 3 aromatic rings. The molecule has 4 heterocycles. The smallest absolute Gasteiger partial charge is 0.341 e. The number of amides is 2. The number of anilines is 1. The summed E-state index contributed by atoms with van der Waals surface area (Å²) in [5, 5.41) is 28.4. The Hall–Kier alpha value is -4.44. The maximum atomic E-state index is 14.8. The normalized spacial score (nSPS) is 17.1. The number of benzene rings is 1. The quantitative estimate of drug-likeness (QED) is 0.532. The van der Waals surface area contributed by atoms with Gasteiger partial charge in [-0.25, -0.2) is 28.6 Å². The second-order valence-electron chi connectivity index (χ2n) is 9.39. The Labute approximate surface area is 223 Å². The lowest BCUT2D eigenvalue weighted by atomic mass is 10.0. The molecule has 0 bridgehead atoms. The van der Waals surface area contributed by atoms with Crippen molar-refractivity contribution in [2.45, 2.75) is 32.9 Å². The van der Waals surface area contributed by atoms with E-state index < -0.39 is 17.7 Å². The maximum Gasteiger partial charge on any atom is 0.341 e. The van der Waals surface area contributed by atoms with E-state index in [0.29, 0.717) is 67.6 Å². The average molecular weight is 536 g/mol. The monoisotopic (exact) mass is 535 g/mol. The predicted octanol–water partition coefficient (Wildman–Crippen LogP) is 2.77. The van der Waals surface area contributed by atoms with Gasteiger partial charge in [0.1, 0.15) is 11.5 Å². The highest BCUT2D eigenvalue weighted by Crippen LogP contribution is 2.32. The number of carbonyl (C=O) groups is 1. The molecule has 2 aliphatic rings. The van der Waals surface area contributed by atoms with Crippen molar-refractivity contribution in [1.29, 1.82) is 5.26 Å². The van der Waals surface area contributed by atoms with Crippen LogP contribution in [0.1, 0.15) is 35.0 Å². The third-order valence-corrected chi connectivity index (χ3v) is 6.95. The SMILES string of the molecule is Cc1nn(CCO)c(C)c1-c1nc(N2CCN(C(=O)N3N=CC[C@H]3c3cc(F)cc(C#N)c3)CC2)ncc1F. The molecule has 1 atom stereocenters. The third kappa shape index (κ3) is 5.03. The van der Waals surface area contributed by atoms with Gasteiger partial charge in [-0.1, -0.05) is 0 Å². The number of piperazine rings is 1. The van der Waals surface area contributed by atoms with E-state index in [4.69, 9.17) is 0 Å². The summed E-state index contributed by atoms with van der Waals surface area (Å²) in [7, 11) is 0. The number of halogens is 2. The maximum absolute atomic E-state index is 14.8. The zero-order valence-corrected chi connectivity index (χ0v) is 21.6. The largest absolute Gasteiger partial charge is 0.394 e. The molecule has 1 saturated heterocycles. The number of hydrogen-bond donors (Lipinski definition) is 1. The number of nitriles is 1. The van der Waals surface area contributed by atoms with Crippen LogP contribution in [-0.4, -0.2) is 79.8 Å². The molecule has 0 aliphatic carbocycles. The summed E-state index contributed by atoms with van der Waals surface area (Å²) < 4.78 is 30.5. The summed E-state index contributed by atoms with van der Waals surface area (Å²) in [6.07, 6.45) is 3.16. The fourth-order valence-corrected chi connectivity index (χ4v) is 5.02. The van der Waals surface area contributed by atoms with Crippen LogP contribution in [0.3, 0.4) is 0 Å². The highest BCUT2D eigenvalue weighted by atomic mass is 19.1. The molecule has 0 unspecified atom stereocenters. The van der Waals surface area contributed by atoms with Crippen LogP contribution in [0.4, 0.5) is 19.5 Å². The van der Waals surface area contributed by atoms with Crippen molar-refractivity contribution < 1.29 is 18.7 Å². The van der Waals surface area contributed by atoms with Crippen molar-refractivity contribution in [2.75, 3.05) is 37.7 Å². The second kappa shape index (κ2) is 10.7. The Bertz CT molecular complexity index is 1470. The zero-order valence-electron chi connectivity index (χ0n) is 21.6. The van der Waals surface area contributed by atoms with Gasteiger partial charge in [0, 0.05) is 50.1 Å². The molecule has 2 aromatic heterocycles. The number of urea groups is 1. The summed E-state index contributed by atoms with van der Waals surface area (Å²) in [5.74, 6) is -0.771. The Morgan fingerprint density at radius 1 is 1.18 bits per heavy atom. The number of aliphatic hydroxyl groups is 1. The highest BCUT2D eigenvalue weighted by Gasteiger charge is 2.34. The van der Waals surface area contributed by atoms with Crippen molar-refractivity contribution in [3.05, 3.63) is 58.5 Å². The molecule has 2 amide bonds. The molecule has 11 nitrogen and oxygen atoms in total. The average Bonchev–Trinajstić information content (AvgIpc) is 3.53. The molecule has 39 heavy (non-hydrogen) atoms. The van der Waals surface area contributed by atoms with Crippen LogP contribution in [0.5, 0.6) is 0 Å². The van der Waals surface area contributed by atoms with Gasteiger partial charge in [-0.3, -0.25) is 4.68 Å². The van der Waals surface area contributed by atoms with Crippen molar-refractivity contribution >= 4 is 18.2 Å². The molecular formula is C26H27F2N9O2. The van der Waals surface area contributed by atoms with E-state index in [1.54, 1.807) is 35.7 Å². The second-order valence-corrected chi connectivity index (χ2v) is 9.39. The number of hydrazone groups is 1. The fraction of sp³-hybridized carbons (Fsp3) is 0.385. The van der Waals surface area contributed by atoms with Crippen LogP contribution in [0.15, 0.2) is 29.5 Å². The standard InChI is InChI=1S/C26H27F2N9O2/c1-16-23(17(2)36(33-16)9-10-38)24-21(28)15-30-25(32-24)34-5-7-35(8-6-34)26(39)37-22(3-4-31-37)19-11-18(14-29)12-20(27)13-19/h4,11-13,15,22,38H,3,5-10H2,1-2H3/t22-/m0/s1. The van der Waals surface area contributed by atoms with Gasteiger partial charge in [0.05, 0.1) is 42.7 Å². The Morgan fingerprint density at radius 2 is 1.95 bits per heavy atom. The number of aliphatic hydroxyl groups excluding tert-OH is 1. The van der Waals surface area contributed by atoms with E-state index in [1.165, 1.54) is 11.1 Å². The molecule has 0 saturated carbocycles. The Kier molecular flexibility index (Phi) is 7.21. The molecule has 202 valence electrons. The molecule has 2 aliphatic heterocycles. The van der Waals surface area contributed by atoms with Crippen molar-refractivity contribution in [3.63, 3.8) is 0 Å². The molecule has 13 heteroatoms. The number of aromatic nitrogens is 4. The third-order valence-electron chi connectivity index (χ3n) is 6.95. The van der Waals surface area contributed by atoms with E-state index in [0.717, 1.165) is 12.3 Å². The van der Waals surface area contributed by atoms with E-state index >= 15 is 0 Å². The number of carbonyl (C=O) groups excluding carboxylic acids is 1. The lowest BCUT2D eigenvalue weighted by Crippen LogP contribution is -2.52. The first kappa shape index (κ1) is 26.2. The summed E-state index contributed by atoms with van der Waals surface area (Å²) >= 11 is 0. The molecular weight excluding hydrogens is 508 g/mol. The number of aryl methyl sites for hydroxylation is 1. The van der Waals surface area contributed by atoms with Gasteiger partial charge in [0.25, 0.3) is 0 Å². The van der Waals surface area contributed by atoms with Gasteiger partial charge in [0.2, 0.25) is 5.95 Å². The Morgan fingerprint density at radius 3 is 2.67 bits per heavy atom. The van der Waals surface area contributed by atoms with Crippen LogP contribution in [0, 0.1) is 36.8 Å². The van der Waals surface area contributed by atoms with E-state index in [9.17, 15) is 23.9 Å². The minimum Gasteiger partial charge on any atom is -0.394 e. The molecule has 5 rings (SSSR count). The molecule has 1 aromatic carbocycles. The van der Waals surface area contributed by atoms with Gasteiger partial charge in [0.15, 0.2) is 5.82 Å². The number of hydrogen-bond acceptors (Lipinski definition) is 8. The summed E-state index contributed by atoms with van der Waals surface area (Å²) in [4.78, 5) is 25.6. The first-order valence-corrected chi connectivity index (χ1v) is 12.5. The van der Waals surface area contributed by atoms with Gasteiger partial charge in [-0.15, -0.1) is 0 Å². The lowest BCUT2D eigenvalue weighted by molar-refractivity contribution is 0.139. The Balaban J connectivity index is 1.30. The molecule has 1 fully saturated rings. The van der Waals surface area contributed by atoms with E-state index in [2.05, 4.69) is 20.2 Å². The summed E-state index contributed by atoms with van der Waals surface area (Å²) in [5.41, 5.74) is 2.69. The van der Waals surface area contributed by atoms with Crippen molar-refractivity contribution in [1.82, 2.24) is 29.7 Å². The summed E-state index contributed by atoms with van der Waals surface area (Å²) in [6, 6.07) is 5.16. The van der Waals surface area contributed by atoms with Gasteiger partial charge in [-0.05, 0) is 37.6 Å². The lowest BCUT2D eigenvalue weighted by Gasteiger charge is -2.37. The zero-order chi connectivity index (χ0) is 27.7. The van der Waals surface area contributed by atoms with Crippen molar-refractivity contribution in [2.24, 2.45) is 5.10 Å². The van der Waals surface area contributed by atoms with Crippen molar-refractivity contribution in [3.8, 4) is 17.3 Å². The van der Waals surface area contributed by atoms with Crippen LogP contribution in [0.25, 0.3) is 11.3 Å². The van der Waals surface area contributed by atoms with Crippen LogP contribution in [-0.2, 0) is 6.54 Å². The molecule has 1 N–H and O–H groups in total. The topological polar surface area (TPSA) is 127 Å². The van der Waals surface area contributed by atoms with Gasteiger partial charge >= 0.3 is 6.03 Å². The van der Waals surface area contributed by atoms with Crippen LogP contribution in [0.2, 0.25) is 0 Å². The predicted molar refractivity (Wildman–Crippen MR) is 138 cm³/mol. The number of nitrogens with zero attached hydrogens (tertiary/aromatic N) is 9. The van der Waals surface area contributed by atoms with Crippen LogP contribution < -0.4 is 4.90 Å². The highest BCUT2D eigenvalue weighted by molar-refractivity contribution is 5.79. The molecule has 0 spiro atoms. The first-order valence-electron chi connectivity index (χ1n) is 12.5. The van der Waals surface area contributed by atoms with Crippen LogP contribution >= 0.6 is 0 Å². The van der Waals surface area contributed by atoms with Gasteiger partial charge in [-0.2, -0.15) is 15.5 Å². The van der Waals surface area contributed by atoms with E-state index in [1.807, 2.05) is 11.0 Å². The van der Waals surface area contributed by atoms with E-state index in [-0.39, 0.29) is 23.9 Å². The minimum absolute atomic E-state index is 0.0888. The number of rotatable bonds is 5. The molecule has 0 radical (unpaired) electrons. The van der Waals surface area contributed by atoms with Gasteiger partial charge < -0.3 is 14.9 Å². The fourth-order valence-electron chi connectivity index (χ4n) is 5.02. The minimum atomic E-state index is -0.572.